The molecule has 0 bridgehead atoms. The molecule has 2 aliphatic rings. The van der Waals surface area contributed by atoms with Gasteiger partial charge in [0.05, 0.1) is 13.2 Å². The van der Waals surface area contributed by atoms with E-state index in [4.69, 9.17) is 4.74 Å². The largest absolute Gasteiger partial charge is 0.380 e. The number of nitrogens with one attached hydrogen (secondary N) is 1. The molecule has 1 N–H and O–H groups in total. The van der Waals surface area contributed by atoms with E-state index in [1.165, 1.54) is 0 Å². The molecular formula is C7H13NO. The van der Waals surface area contributed by atoms with E-state index >= 15 is 0 Å². The maximum absolute atomic E-state index is 5.37. The van der Waals surface area contributed by atoms with Crippen molar-refractivity contribution in [3.8, 4) is 0 Å². The van der Waals surface area contributed by atoms with Crippen LogP contribution in [0, 0.1) is 11.3 Å². The summed E-state index contributed by atoms with van der Waals surface area (Å²) in [6, 6.07) is 0. The van der Waals surface area contributed by atoms with E-state index in [2.05, 4.69) is 12.2 Å². The van der Waals surface area contributed by atoms with Crippen LogP contribution in [0.25, 0.3) is 0 Å². The number of fused-ring (bicyclic) bond motifs is 1. The normalized spacial score (nSPS) is 49.7. The van der Waals surface area contributed by atoms with Crippen molar-refractivity contribution in [1.29, 1.82) is 0 Å². The zero-order valence-electron chi connectivity index (χ0n) is 5.81. The Morgan fingerprint density at radius 3 is 3.33 bits per heavy atom. The van der Waals surface area contributed by atoms with Crippen LogP contribution >= 0.6 is 0 Å². The lowest BCUT2D eigenvalue weighted by Crippen LogP contribution is -2.24. The Bertz CT molecular complexity index is 114. The van der Waals surface area contributed by atoms with Crippen LogP contribution in [0.15, 0.2) is 0 Å². The lowest BCUT2D eigenvalue weighted by Gasteiger charge is -2.18. The maximum atomic E-state index is 5.37. The molecule has 2 nitrogen and oxygen atoms in total. The van der Waals surface area contributed by atoms with Crippen LogP contribution in [-0.2, 0) is 4.74 Å². The molecule has 0 aromatic rings. The Morgan fingerprint density at radius 1 is 1.67 bits per heavy atom. The highest BCUT2D eigenvalue weighted by Crippen LogP contribution is 2.36. The molecule has 0 aromatic carbocycles. The summed E-state index contributed by atoms with van der Waals surface area (Å²) in [6.07, 6.45) is 0. The average molecular weight is 127 g/mol. The molecule has 0 saturated carbocycles. The molecule has 2 atom stereocenters. The van der Waals surface area contributed by atoms with E-state index < -0.39 is 0 Å². The number of ether oxygens (including phenoxy) is 1. The minimum Gasteiger partial charge on any atom is -0.380 e. The first-order valence-electron chi connectivity index (χ1n) is 3.60. The second-order valence-electron chi connectivity index (χ2n) is 3.50. The molecule has 0 radical (unpaired) electrons. The van der Waals surface area contributed by atoms with Crippen molar-refractivity contribution in [3.05, 3.63) is 0 Å². The Morgan fingerprint density at radius 2 is 2.56 bits per heavy atom. The fourth-order valence-corrected chi connectivity index (χ4v) is 1.79. The third kappa shape index (κ3) is 0.700. The van der Waals surface area contributed by atoms with Gasteiger partial charge in [-0.3, -0.25) is 0 Å². The second-order valence-corrected chi connectivity index (χ2v) is 3.50. The summed E-state index contributed by atoms with van der Waals surface area (Å²) in [5.74, 6) is 0.789. The second kappa shape index (κ2) is 1.70. The lowest BCUT2D eigenvalue weighted by molar-refractivity contribution is 0.158. The first kappa shape index (κ1) is 5.69. The predicted octanol–water partition coefficient (Wildman–Crippen LogP) is 0.242. The SMILES string of the molecule is C[C@]12CNC[C@@H]1COC2. The lowest BCUT2D eigenvalue weighted by atomic mass is 9.84. The van der Waals surface area contributed by atoms with Gasteiger partial charge >= 0.3 is 0 Å². The molecule has 2 saturated heterocycles. The summed E-state index contributed by atoms with van der Waals surface area (Å²) in [6.45, 7) is 6.56. The van der Waals surface area contributed by atoms with Gasteiger partial charge in [0.25, 0.3) is 0 Å². The molecule has 2 aliphatic heterocycles. The third-order valence-corrected chi connectivity index (χ3v) is 2.66. The summed E-state index contributed by atoms with van der Waals surface area (Å²) >= 11 is 0. The minimum atomic E-state index is 0.472. The van der Waals surface area contributed by atoms with Gasteiger partial charge in [-0.1, -0.05) is 6.92 Å². The van der Waals surface area contributed by atoms with Crippen LogP contribution in [0.2, 0.25) is 0 Å². The van der Waals surface area contributed by atoms with Gasteiger partial charge in [-0.2, -0.15) is 0 Å². The van der Waals surface area contributed by atoms with Crippen LogP contribution in [0.1, 0.15) is 6.92 Å². The highest BCUT2D eigenvalue weighted by molar-refractivity contribution is 4.94. The van der Waals surface area contributed by atoms with E-state index in [9.17, 15) is 0 Å². The van der Waals surface area contributed by atoms with Crippen LogP contribution in [0.3, 0.4) is 0 Å². The van der Waals surface area contributed by atoms with Gasteiger partial charge in [-0.25, -0.2) is 0 Å². The number of hydrogen-bond donors (Lipinski definition) is 1. The Hall–Kier alpha value is -0.0800. The van der Waals surface area contributed by atoms with Crippen molar-refractivity contribution < 1.29 is 4.74 Å². The zero-order valence-corrected chi connectivity index (χ0v) is 5.81. The van der Waals surface area contributed by atoms with E-state index in [-0.39, 0.29) is 0 Å². The van der Waals surface area contributed by atoms with E-state index in [1.807, 2.05) is 0 Å². The van der Waals surface area contributed by atoms with Gasteiger partial charge < -0.3 is 10.1 Å². The fourth-order valence-electron chi connectivity index (χ4n) is 1.79. The van der Waals surface area contributed by atoms with Crippen molar-refractivity contribution in [2.45, 2.75) is 6.92 Å². The van der Waals surface area contributed by atoms with Gasteiger partial charge in [0.1, 0.15) is 0 Å². The first-order valence-corrected chi connectivity index (χ1v) is 3.60. The minimum absolute atomic E-state index is 0.472. The van der Waals surface area contributed by atoms with Gasteiger partial charge in [0.2, 0.25) is 0 Å². The summed E-state index contributed by atoms with van der Waals surface area (Å²) in [5.41, 5.74) is 0.472. The molecule has 0 aliphatic carbocycles. The highest BCUT2D eigenvalue weighted by Gasteiger charge is 2.43. The Labute approximate surface area is 55.6 Å². The van der Waals surface area contributed by atoms with Crippen molar-refractivity contribution in [2.75, 3.05) is 26.3 Å². The van der Waals surface area contributed by atoms with Crippen molar-refractivity contribution in [2.24, 2.45) is 11.3 Å². The Kier molecular flexibility index (Phi) is 1.08. The summed E-state index contributed by atoms with van der Waals surface area (Å²) in [5, 5.41) is 3.38. The highest BCUT2D eigenvalue weighted by atomic mass is 16.5. The summed E-state index contributed by atoms with van der Waals surface area (Å²) in [7, 11) is 0. The molecule has 0 spiro atoms. The average Bonchev–Trinajstić information content (AvgIpc) is 2.22. The summed E-state index contributed by atoms with van der Waals surface area (Å²) in [4.78, 5) is 0. The van der Waals surface area contributed by atoms with Crippen LogP contribution < -0.4 is 5.32 Å². The molecule has 2 heterocycles. The third-order valence-electron chi connectivity index (χ3n) is 2.66. The molecule has 0 unspecified atom stereocenters. The van der Waals surface area contributed by atoms with Crippen molar-refractivity contribution in [3.63, 3.8) is 0 Å². The maximum Gasteiger partial charge on any atom is 0.0536 e. The van der Waals surface area contributed by atoms with Gasteiger partial charge in [0, 0.05) is 24.4 Å². The standard InChI is InChI=1S/C7H13NO/c1-7-4-8-2-6(7)3-9-5-7/h6,8H,2-5H2,1H3/t6-,7-/m1/s1. The number of rotatable bonds is 0. The molecule has 2 rings (SSSR count). The quantitative estimate of drug-likeness (QED) is 0.503. The van der Waals surface area contributed by atoms with Gasteiger partial charge in [-0.05, 0) is 0 Å². The molecule has 2 fully saturated rings. The fraction of sp³-hybridized carbons (Fsp3) is 1.00. The number of hydrogen-bond acceptors (Lipinski definition) is 2. The van der Waals surface area contributed by atoms with Crippen LogP contribution in [-0.4, -0.2) is 26.3 Å². The molecule has 52 valence electrons. The topological polar surface area (TPSA) is 21.3 Å². The zero-order chi connectivity index (χ0) is 6.32. The molecule has 2 heteroatoms. The van der Waals surface area contributed by atoms with Crippen molar-refractivity contribution in [1.82, 2.24) is 5.32 Å². The van der Waals surface area contributed by atoms with E-state index in [0.29, 0.717) is 5.41 Å². The molecule has 0 aromatic heterocycles. The Balaban J connectivity index is 2.17. The first-order chi connectivity index (χ1) is 4.31. The molecule has 9 heavy (non-hydrogen) atoms. The smallest absolute Gasteiger partial charge is 0.0536 e. The van der Waals surface area contributed by atoms with Gasteiger partial charge in [-0.15, -0.1) is 0 Å². The molecular weight excluding hydrogens is 114 g/mol. The monoisotopic (exact) mass is 127 g/mol. The van der Waals surface area contributed by atoms with Crippen LogP contribution in [0.5, 0.6) is 0 Å². The van der Waals surface area contributed by atoms with Gasteiger partial charge in [0.15, 0.2) is 0 Å². The van der Waals surface area contributed by atoms with Crippen molar-refractivity contribution >= 4 is 0 Å². The predicted molar refractivity (Wildman–Crippen MR) is 35.3 cm³/mol. The summed E-state index contributed by atoms with van der Waals surface area (Å²) < 4.78 is 5.37. The van der Waals surface area contributed by atoms with E-state index in [0.717, 1.165) is 32.2 Å². The van der Waals surface area contributed by atoms with E-state index in [1.54, 1.807) is 0 Å². The van der Waals surface area contributed by atoms with Crippen LogP contribution in [0.4, 0.5) is 0 Å². The molecule has 0 amide bonds.